The number of amides is 1. The number of halogens is 1. The van der Waals surface area contributed by atoms with Crippen molar-refractivity contribution >= 4 is 46.5 Å². The van der Waals surface area contributed by atoms with E-state index in [1.165, 1.54) is 10.7 Å². The van der Waals surface area contributed by atoms with E-state index in [9.17, 15) is 15.3 Å². The second kappa shape index (κ2) is 9.16. The fraction of sp³-hybridized carbons (Fsp3) is 0.364. The van der Waals surface area contributed by atoms with Gasteiger partial charge in [-0.15, -0.1) is 5.10 Å². The van der Waals surface area contributed by atoms with Gasteiger partial charge in [-0.2, -0.15) is 20.0 Å². The Labute approximate surface area is 205 Å². The molecule has 4 N–H and O–H groups in total. The molecule has 2 aromatic heterocycles. The minimum atomic E-state index is -1.07. The van der Waals surface area contributed by atoms with Crippen molar-refractivity contribution in [2.24, 2.45) is 0 Å². The number of hydrogen-bond acceptors (Lipinski definition) is 9. The first-order valence-electron chi connectivity index (χ1n) is 11.1. The lowest BCUT2D eigenvalue weighted by atomic mass is 10.0. The first-order chi connectivity index (χ1) is 16.9. The molecule has 178 valence electrons. The van der Waals surface area contributed by atoms with E-state index in [1.807, 2.05) is 4.90 Å². The maximum absolute atomic E-state index is 11.1. The monoisotopic (exact) mass is 492 g/mol. The molecular weight excluding hydrogens is 472 g/mol. The largest absolute Gasteiger partial charge is 0.465 e. The summed E-state index contributed by atoms with van der Waals surface area (Å²) in [5, 5.41) is 41.9. The highest BCUT2D eigenvalue weighted by Crippen LogP contribution is 2.37. The van der Waals surface area contributed by atoms with Crippen LogP contribution in [0.15, 0.2) is 18.3 Å². The molecule has 0 unspecified atom stereocenters. The second-order valence-corrected chi connectivity index (χ2v) is 8.90. The average molecular weight is 493 g/mol. The number of benzene rings is 1. The van der Waals surface area contributed by atoms with E-state index in [-0.39, 0.29) is 17.7 Å². The third-order valence-corrected chi connectivity index (χ3v) is 6.31. The summed E-state index contributed by atoms with van der Waals surface area (Å²) in [5.74, 6) is 0.681. The number of anilines is 4. The van der Waals surface area contributed by atoms with Crippen molar-refractivity contribution in [1.82, 2.24) is 24.9 Å². The number of imidazole rings is 1. The summed E-state index contributed by atoms with van der Waals surface area (Å²) in [6.45, 7) is 1.10. The standard InChI is InChI=1S/C22H21ClN10O2/c23-18-16(6-12(8-24)7-17(18)32-5-1-2-14(11-32)28-22(34)35)29-21-30-19(27-13-3-4-13)20-26-10-15(9-25)33(20)31-21/h6-7,10,13-14,28H,1-5,11H2,(H,34,35)(H2,27,29,30,31)/t14-/m1/s1. The lowest BCUT2D eigenvalue weighted by molar-refractivity contribution is 0.188. The van der Waals surface area contributed by atoms with E-state index in [1.54, 1.807) is 12.1 Å². The van der Waals surface area contributed by atoms with Crippen LogP contribution < -0.4 is 20.9 Å². The Morgan fingerprint density at radius 2 is 2.03 bits per heavy atom. The molecule has 1 amide bonds. The van der Waals surface area contributed by atoms with Crippen LogP contribution in [0.1, 0.15) is 36.9 Å². The SMILES string of the molecule is N#Cc1cc(Nc2nc(NC3CC3)c3ncc(C#N)n3n2)c(Cl)c(N2CCC[C@@H](NC(=O)O)C2)c1. The molecule has 13 heteroatoms. The number of nitriles is 2. The quantitative estimate of drug-likeness (QED) is 0.401. The molecular formula is C22H21ClN10O2. The van der Waals surface area contributed by atoms with Crippen LogP contribution in [-0.4, -0.2) is 56.0 Å². The molecule has 1 atom stereocenters. The van der Waals surface area contributed by atoms with E-state index in [4.69, 9.17) is 16.7 Å². The Bertz CT molecular complexity index is 1390. The fourth-order valence-electron chi connectivity index (χ4n) is 4.13. The third kappa shape index (κ3) is 4.69. The number of nitrogens with one attached hydrogen (secondary N) is 3. The highest BCUT2D eigenvalue weighted by molar-refractivity contribution is 6.36. The molecule has 3 aromatic rings. The van der Waals surface area contributed by atoms with Crippen LogP contribution in [-0.2, 0) is 0 Å². The van der Waals surface area contributed by atoms with Crippen LogP contribution in [0.3, 0.4) is 0 Å². The van der Waals surface area contributed by atoms with Crippen LogP contribution in [0.5, 0.6) is 0 Å². The molecule has 2 fully saturated rings. The molecule has 12 nitrogen and oxygen atoms in total. The molecule has 0 radical (unpaired) electrons. The fourth-order valence-corrected chi connectivity index (χ4v) is 4.41. The number of fused-ring (bicyclic) bond motifs is 1. The Hall–Kier alpha value is -4.29. The summed E-state index contributed by atoms with van der Waals surface area (Å²) in [4.78, 5) is 21.9. The summed E-state index contributed by atoms with van der Waals surface area (Å²) in [5.41, 5.74) is 2.11. The van der Waals surface area contributed by atoms with Gasteiger partial charge in [-0.25, -0.2) is 9.78 Å². The lowest BCUT2D eigenvalue weighted by Gasteiger charge is -2.35. The van der Waals surface area contributed by atoms with E-state index >= 15 is 0 Å². The number of nitrogens with zero attached hydrogens (tertiary/aromatic N) is 7. The number of rotatable bonds is 6. The molecule has 35 heavy (non-hydrogen) atoms. The van der Waals surface area contributed by atoms with Gasteiger partial charge < -0.3 is 26.0 Å². The van der Waals surface area contributed by atoms with Gasteiger partial charge in [0.1, 0.15) is 6.07 Å². The van der Waals surface area contributed by atoms with Crippen LogP contribution in [0.4, 0.5) is 27.9 Å². The van der Waals surface area contributed by atoms with Gasteiger partial charge >= 0.3 is 6.09 Å². The van der Waals surface area contributed by atoms with Crippen molar-refractivity contribution in [2.75, 3.05) is 28.6 Å². The zero-order valence-corrected chi connectivity index (χ0v) is 19.2. The van der Waals surface area contributed by atoms with Crippen molar-refractivity contribution in [3.63, 3.8) is 0 Å². The van der Waals surface area contributed by atoms with Crippen LogP contribution >= 0.6 is 11.6 Å². The van der Waals surface area contributed by atoms with Gasteiger partial charge in [0, 0.05) is 25.2 Å². The first kappa shape index (κ1) is 22.5. The molecule has 2 aliphatic rings. The van der Waals surface area contributed by atoms with Crippen molar-refractivity contribution in [2.45, 2.75) is 37.8 Å². The number of piperidine rings is 1. The molecule has 5 rings (SSSR count). The Kier molecular flexibility index (Phi) is 5.89. The van der Waals surface area contributed by atoms with Gasteiger partial charge in [-0.1, -0.05) is 11.6 Å². The summed E-state index contributed by atoms with van der Waals surface area (Å²) in [6, 6.07) is 7.55. The molecule has 0 spiro atoms. The van der Waals surface area contributed by atoms with Gasteiger partial charge in [0.05, 0.1) is 34.2 Å². The van der Waals surface area contributed by atoms with Gasteiger partial charge in [0.15, 0.2) is 17.2 Å². The van der Waals surface area contributed by atoms with Crippen LogP contribution in [0.25, 0.3) is 5.65 Å². The zero-order chi connectivity index (χ0) is 24.5. The second-order valence-electron chi connectivity index (χ2n) is 8.52. The molecule has 0 bridgehead atoms. The average Bonchev–Trinajstić information content (AvgIpc) is 3.56. The van der Waals surface area contributed by atoms with Crippen molar-refractivity contribution in [1.29, 1.82) is 10.5 Å². The predicted octanol–water partition coefficient (Wildman–Crippen LogP) is 3.08. The van der Waals surface area contributed by atoms with Crippen molar-refractivity contribution < 1.29 is 9.90 Å². The van der Waals surface area contributed by atoms with Gasteiger partial charge in [-0.05, 0) is 37.8 Å². The zero-order valence-electron chi connectivity index (χ0n) is 18.5. The maximum atomic E-state index is 11.1. The van der Waals surface area contributed by atoms with Gasteiger partial charge in [0.25, 0.3) is 0 Å². The van der Waals surface area contributed by atoms with Crippen molar-refractivity contribution in [3.8, 4) is 12.1 Å². The summed E-state index contributed by atoms with van der Waals surface area (Å²) in [7, 11) is 0. The maximum Gasteiger partial charge on any atom is 0.404 e. The third-order valence-electron chi connectivity index (χ3n) is 5.91. The van der Waals surface area contributed by atoms with Crippen LogP contribution in [0.2, 0.25) is 5.02 Å². The predicted molar refractivity (Wildman–Crippen MR) is 128 cm³/mol. The number of carboxylic acid groups (broad SMARTS) is 1. The van der Waals surface area contributed by atoms with Crippen LogP contribution in [0, 0.1) is 22.7 Å². The minimum absolute atomic E-state index is 0.183. The number of aromatic nitrogens is 4. The summed E-state index contributed by atoms with van der Waals surface area (Å²) >= 11 is 6.77. The van der Waals surface area contributed by atoms with E-state index in [0.29, 0.717) is 52.6 Å². The normalized spacial score (nSPS) is 17.5. The Balaban J connectivity index is 1.50. The number of carbonyl (C=O) groups is 1. The highest BCUT2D eigenvalue weighted by atomic mass is 35.5. The molecule has 1 aliphatic carbocycles. The van der Waals surface area contributed by atoms with E-state index in [2.05, 4.69) is 43.2 Å². The Morgan fingerprint density at radius 1 is 1.20 bits per heavy atom. The van der Waals surface area contributed by atoms with E-state index < -0.39 is 6.09 Å². The molecule has 1 saturated heterocycles. The minimum Gasteiger partial charge on any atom is -0.465 e. The topological polar surface area (TPSA) is 167 Å². The molecule has 1 saturated carbocycles. The van der Waals surface area contributed by atoms with Crippen molar-refractivity contribution in [3.05, 3.63) is 34.6 Å². The number of hydrogen-bond donors (Lipinski definition) is 4. The summed E-state index contributed by atoms with van der Waals surface area (Å²) in [6.07, 6.45) is 3.91. The molecule has 1 aliphatic heterocycles. The van der Waals surface area contributed by atoms with Gasteiger partial charge in [-0.3, -0.25) is 0 Å². The smallest absolute Gasteiger partial charge is 0.404 e. The lowest BCUT2D eigenvalue weighted by Crippen LogP contribution is -2.47. The van der Waals surface area contributed by atoms with E-state index in [0.717, 1.165) is 25.7 Å². The highest BCUT2D eigenvalue weighted by Gasteiger charge is 2.26. The Morgan fingerprint density at radius 3 is 2.74 bits per heavy atom. The first-order valence-corrected chi connectivity index (χ1v) is 11.5. The van der Waals surface area contributed by atoms with Gasteiger partial charge in [0.2, 0.25) is 5.95 Å². The summed E-state index contributed by atoms with van der Waals surface area (Å²) < 4.78 is 1.41. The molecule has 1 aromatic carbocycles. The molecule has 3 heterocycles.